The minimum atomic E-state index is 0.667. The van der Waals surface area contributed by atoms with Crippen molar-refractivity contribution in [3.8, 4) is 5.69 Å². The van der Waals surface area contributed by atoms with Crippen molar-refractivity contribution in [2.45, 2.75) is 6.54 Å². The molecular formula is C21H24ClN7. The zero-order valence-electron chi connectivity index (χ0n) is 16.4. The van der Waals surface area contributed by atoms with E-state index in [2.05, 4.69) is 36.3 Å². The molecular weight excluding hydrogens is 386 g/mol. The van der Waals surface area contributed by atoms with Gasteiger partial charge in [0.05, 0.1) is 11.9 Å². The zero-order chi connectivity index (χ0) is 20.1. The molecule has 0 spiro atoms. The van der Waals surface area contributed by atoms with E-state index in [1.165, 1.54) is 0 Å². The first-order chi connectivity index (χ1) is 14.2. The van der Waals surface area contributed by atoms with E-state index in [1.54, 1.807) is 0 Å². The molecule has 1 aromatic carbocycles. The Bertz CT molecular complexity index is 945. The molecule has 8 heteroatoms. The monoisotopic (exact) mass is 409 g/mol. The van der Waals surface area contributed by atoms with Gasteiger partial charge in [0.1, 0.15) is 5.82 Å². The number of rotatable bonds is 4. The highest BCUT2D eigenvalue weighted by Gasteiger charge is 2.20. The smallest absolute Gasteiger partial charge is 0.194 e. The third kappa shape index (κ3) is 4.68. The summed E-state index contributed by atoms with van der Waals surface area (Å²) in [7, 11) is 1.82. The highest BCUT2D eigenvalue weighted by atomic mass is 35.5. The van der Waals surface area contributed by atoms with Gasteiger partial charge in [-0.1, -0.05) is 17.7 Å². The number of anilines is 1. The predicted molar refractivity (Wildman–Crippen MR) is 117 cm³/mol. The Morgan fingerprint density at radius 2 is 1.90 bits per heavy atom. The van der Waals surface area contributed by atoms with Crippen LogP contribution in [0.4, 0.5) is 5.82 Å². The highest BCUT2D eigenvalue weighted by Crippen LogP contribution is 2.14. The fraction of sp³-hybridized carbons (Fsp3) is 0.286. The molecule has 0 atom stereocenters. The number of halogens is 1. The number of aromatic nitrogens is 3. The molecule has 150 valence electrons. The third-order valence-electron chi connectivity index (χ3n) is 4.94. The van der Waals surface area contributed by atoms with Crippen LogP contribution in [0.5, 0.6) is 0 Å². The van der Waals surface area contributed by atoms with Crippen LogP contribution in [0.3, 0.4) is 0 Å². The van der Waals surface area contributed by atoms with Crippen molar-refractivity contribution in [3.63, 3.8) is 0 Å². The Labute approximate surface area is 175 Å². The highest BCUT2D eigenvalue weighted by molar-refractivity contribution is 6.30. The summed E-state index contributed by atoms with van der Waals surface area (Å²) in [5.41, 5.74) is 2.07. The number of piperazine rings is 1. The van der Waals surface area contributed by atoms with E-state index >= 15 is 0 Å². The van der Waals surface area contributed by atoms with Gasteiger partial charge in [0.25, 0.3) is 0 Å². The summed E-state index contributed by atoms with van der Waals surface area (Å²) in [5.74, 6) is 1.94. The van der Waals surface area contributed by atoms with E-state index < -0.39 is 0 Å². The number of nitrogens with one attached hydrogen (secondary N) is 1. The van der Waals surface area contributed by atoms with Crippen LogP contribution >= 0.6 is 11.6 Å². The Hall–Kier alpha value is -3.06. The minimum Gasteiger partial charge on any atom is -0.353 e. The van der Waals surface area contributed by atoms with Gasteiger partial charge in [-0.2, -0.15) is 5.10 Å². The Morgan fingerprint density at radius 3 is 2.59 bits per heavy atom. The van der Waals surface area contributed by atoms with Gasteiger partial charge in [0.15, 0.2) is 5.96 Å². The molecule has 7 nitrogen and oxygen atoms in total. The summed E-state index contributed by atoms with van der Waals surface area (Å²) in [5, 5.41) is 8.61. The van der Waals surface area contributed by atoms with E-state index in [9.17, 15) is 0 Å². The SMILES string of the molecule is CN=C(NCc1cnn(-c2ccc(Cl)cc2)c1)N1CCN(c2ccccn2)CC1. The fourth-order valence-corrected chi connectivity index (χ4v) is 3.51. The zero-order valence-corrected chi connectivity index (χ0v) is 17.1. The molecule has 0 amide bonds. The first-order valence-corrected chi connectivity index (χ1v) is 10.0. The van der Waals surface area contributed by atoms with Crippen molar-refractivity contribution >= 4 is 23.4 Å². The molecule has 0 radical (unpaired) electrons. The number of hydrogen-bond donors (Lipinski definition) is 1. The number of aliphatic imine (C=N–C) groups is 1. The normalized spacial score (nSPS) is 14.9. The molecule has 0 bridgehead atoms. The largest absolute Gasteiger partial charge is 0.353 e. The number of guanidine groups is 1. The Balaban J connectivity index is 1.32. The molecule has 0 aliphatic carbocycles. The van der Waals surface area contributed by atoms with Crippen molar-refractivity contribution in [3.05, 3.63) is 71.6 Å². The van der Waals surface area contributed by atoms with E-state index in [4.69, 9.17) is 11.6 Å². The topological polar surface area (TPSA) is 61.6 Å². The molecule has 1 fully saturated rings. The second kappa shape index (κ2) is 8.96. The van der Waals surface area contributed by atoms with Crippen LogP contribution in [0.1, 0.15) is 5.56 Å². The molecule has 1 saturated heterocycles. The first kappa shape index (κ1) is 19.3. The molecule has 3 aromatic rings. The predicted octanol–water partition coefficient (Wildman–Crippen LogP) is 2.82. The Morgan fingerprint density at radius 1 is 1.10 bits per heavy atom. The molecule has 0 saturated carbocycles. The van der Waals surface area contributed by atoms with E-state index in [0.29, 0.717) is 6.54 Å². The quantitative estimate of drug-likeness (QED) is 0.530. The fourth-order valence-electron chi connectivity index (χ4n) is 3.39. The Kier molecular flexibility index (Phi) is 5.95. The average molecular weight is 410 g/mol. The molecule has 1 aliphatic heterocycles. The van der Waals surface area contributed by atoms with Crippen LogP contribution in [0.15, 0.2) is 66.0 Å². The summed E-state index contributed by atoms with van der Waals surface area (Å²) in [6, 6.07) is 13.7. The van der Waals surface area contributed by atoms with E-state index in [0.717, 1.165) is 54.2 Å². The van der Waals surface area contributed by atoms with Gasteiger partial charge in [0.2, 0.25) is 0 Å². The summed E-state index contributed by atoms with van der Waals surface area (Å²) in [6.45, 7) is 4.32. The summed E-state index contributed by atoms with van der Waals surface area (Å²) in [6.07, 6.45) is 5.73. The van der Waals surface area contributed by atoms with Gasteiger partial charge < -0.3 is 15.1 Å². The van der Waals surface area contributed by atoms with Crippen LogP contribution in [0.2, 0.25) is 5.02 Å². The van der Waals surface area contributed by atoms with Crippen molar-refractivity contribution in [1.82, 2.24) is 25.0 Å². The molecule has 29 heavy (non-hydrogen) atoms. The van der Waals surface area contributed by atoms with Crippen LogP contribution < -0.4 is 10.2 Å². The van der Waals surface area contributed by atoms with Crippen LogP contribution in [0.25, 0.3) is 5.69 Å². The van der Waals surface area contributed by atoms with Crippen LogP contribution in [-0.2, 0) is 6.54 Å². The number of benzene rings is 1. The van der Waals surface area contributed by atoms with Gasteiger partial charge in [-0.25, -0.2) is 9.67 Å². The average Bonchev–Trinajstić information content (AvgIpc) is 3.25. The molecule has 1 N–H and O–H groups in total. The molecule has 3 heterocycles. The third-order valence-corrected chi connectivity index (χ3v) is 5.19. The van der Waals surface area contributed by atoms with Gasteiger partial charge in [-0.15, -0.1) is 0 Å². The maximum absolute atomic E-state index is 5.96. The van der Waals surface area contributed by atoms with E-state index in [-0.39, 0.29) is 0 Å². The summed E-state index contributed by atoms with van der Waals surface area (Å²) < 4.78 is 1.85. The summed E-state index contributed by atoms with van der Waals surface area (Å²) >= 11 is 5.96. The van der Waals surface area contributed by atoms with E-state index in [1.807, 2.05) is 66.7 Å². The van der Waals surface area contributed by atoms with Gasteiger partial charge in [-0.05, 0) is 36.4 Å². The minimum absolute atomic E-state index is 0.667. The maximum Gasteiger partial charge on any atom is 0.194 e. The lowest BCUT2D eigenvalue weighted by Crippen LogP contribution is -2.52. The molecule has 1 aliphatic rings. The first-order valence-electron chi connectivity index (χ1n) is 9.64. The maximum atomic E-state index is 5.96. The van der Waals surface area contributed by atoms with Crippen molar-refractivity contribution in [2.75, 3.05) is 38.1 Å². The van der Waals surface area contributed by atoms with Crippen molar-refractivity contribution in [2.24, 2.45) is 4.99 Å². The van der Waals surface area contributed by atoms with Gasteiger partial charge in [0, 0.05) is 62.8 Å². The van der Waals surface area contributed by atoms with Crippen molar-refractivity contribution < 1.29 is 0 Å². The van der Waals surface area contributed by atoms with Crippen molar-refractivity contribution in [1.29, 1.82) is 0 Å². The number of pyridine rings is 1. The lowest BCUT2D eigenvalue weighted by atomic mass is 10.3. The van der Waals surface area contributed by atoms with Gasteiger partial charge >= 0.3 is 0 Å². The number of hydrogen-bond acceptors (Lipinski definition) is 4. The van der Waals surface area contributed by atoms with Gasteiger partial charge in [-0.3, -0.25) is 4.99 Å². The standard InChI is InChI=1S/C21H24ClN7/c1-23-21(28-12-10-27(11-13-28)20-4-2-3-9-24-20)25-14-17-15-26-29(16-17)19-7-5-18(22)6-8-19/h2-9,15-16H,10-14H2,1H3,(H,23,25). The lowest BCUT2D eigenvalue weighted by Gasteiger charge is -2.37. The molecule has 4 rings (SSSR count). The lowest BCUT2D eigenvalue weighted by molar-refractivity contribution is 0.371. The van der Waals surface area contributed by atoms with Crippen LogP contribution in [-0.4, -0.2) is 58.9 Å². The van der Waals surface area contributed by atoms with Crippen LogP contribution in [0, 0.1) is 0 Å². The molecule has 2 aromatic heterocycles. The second-order valence-electron chi connectivity index (χ2n) is 6.83. The second-order valence-corrected chi connectivity index (χ2v) is 7.27. The summed E-state index contributed by atoms with van der Waals surface area (Å²) in [4.78, 5) is 13.5. The molecule has 0 unspecified atom stereocenters. The number of nitrogens with zero attached hydrogens (tertiary/aromatic N) is 6.